The highest BCUT2D eigenvalue weighted by Crippen LogP contribution is 2.36. The van der Waals surface area contributed by atoms with Gasteiger partial charge in [-0.1, -0.05) is 32.1 Å². The van der Waals surface area contributed by atoms with E-state index in [1.807, 2.05) is 13.8 Å². The molecule has 0 bridgehead atoms. The Labute approximate surface area is 104 Å². The molecule has 0 aromatic rings. The molecule has 3 atom stereocenters. The van der Waals surface area contributed by atoms with Gasteiger partial charge in [-0.25, -0.2) is 0 Å². The van der Waals surface area contributed by atoms with E-state index < -0.39 is 0 Å². The molecule has 2 rings (SSSR count). The van der Waals surface area contributed by atoms with E-state index in [1.165, 1.54) is 18.4 Å². The van der Waals surface area contributed by atoms with Gasteiger partial charge >= 0.3 is 5.97 Å². The molecular weight excluding hydrogens is 212 g/mol. The number of carbonyl (C=O) groups is 1. The molecule has 0 heterocycles. The van der Waals surface area contributed by atoms with Crippen molar-refractivity contribution in [1.82, 2.24) is 0 Å². The van der Waals surface area contributed by atoms with Crippen molar-refractivity contribution in [1.29, 1.82) is 0 Å². The van der Waals surface area contributed by atoms with Gasteiger partial charge in [-0.3, -0.25) is 4.79 Å². The van der Waals surface area contributed by atoms with Gasteiger partial charge in [-0.05, 0) is 43.6 Å². The van der Waals surface area contributed by atoms with E-state index in [4.69, 9.17) is 4.74 Å². The van der Waals surface area contributed by atoms with E-state index in [-0.39, 0.29) is 18.0 Å². The van der Waals surface area contributed by atoms with Crippen molar-refractivity contribution in [2.75, 3.05) is 0 Å². The molecule has 1 saturated carbocycles. The minimum absolute atomic E-state index is 0.0232. The van der Waals surface area contributed by atoms with Gasteiger partial charge in [0.15, 0.2) is 0 Å². The molecule has 0 aromatic carbocycles. The van der Waals surface area contributed by atoms with Crippen LogP contribution in [0.5, 0.6) is 0 Å². The van der Waals surface area contributed by atoms with E-state index in [0.29, 0.717) is 5.92 Å². The summed E-state index contributed by atoms with van der Waals surface area (Å²) in [5.41, 5.74) is 1.34. The van der Waals surface area contributed by atoms with Crippen molar-refractivity contribution in [3.8, 4) is 0 Å². The van der Waals surface area contributed by atoms with Gasteiger partial charge in [-0.15, -0.1) is 0 Å². The zero-order chi connectivity index (χ0) is 12.3. The summed E-state index contributed by atoms with van der Waals surface area (Å²) in [6, 6.07) is 0. The fraction of sp³-hybridized carbons (Fsp3) is 0.667. The third-order valence-electron chi connectivity index (χ3n) is 3.98. The molecule has 2 unspecified atom stereocenters. The topological polar surface area (TPSA) is 26.3 Å². The van der Waals surface area contributed by atoms with Crippen LogP contribution >= 0.6 is 0 Å². The Kier molecular flexibility index (Phi) is 4.03. The molecular formula is C15H22O2. The Hall–Kier alpha value is -1.05. The van der Waals surface area contributed by atoms with Crippen molar-refractivity contribution in [3.05, 3.63) is 23.8 Å². The van der Waals surface area contributed by atoms with Crippen LogP contribution in [0.2, 0.25) is 0 Å². The average Bonchev–Trinajstić information content (AvgIpc) is 2.38. The quantitative estimate of drug-likeness (QED) is 0.697. The summed E-state index contributed by atoms with van der Waals surface area (Å²) < 4.78 is 5.67. The first-order chi connectivity index (χ1) is 8.22. The molecule has 0 amide bonds. The molecule has 2 aliphatic rings. The maximum Gasteiger partial charge on any atom is 0.309 e. The van der Waals surface area contributed by atoms with Crippen molar-refractivity contribution in [3.63, 3.8) is 0 Å². The van der Waals surface area contributed by atoms with Crippen molar-refractivity contribution < 1.29 is 9.53 Å². The van der Waals surface area contributed by atoms with E-state index in [0.717, 1.165) is 19.3 Å². The number of esters is 1. The molecule has 17 heavy (non-hydrogen) atoms. The highest BCUT2D eigenvalue weighted by molar-refractivity contribution is 5.72. The van der Waals surface area contributed by atoms with Gasteiger partial charge in [-0.2, -0.15) is 0 Å². The Balaban J connectivity index is 2.02. The summed E-state index contributed by atoms with van der Waals surface area (Å²) in [6.07, 6.45) is 11.9. The summed E-state index contributed by atoms with van der Waals surface area (Å²) in [5, 5.41) is 0. The average molecular weight is 234 g/mol. The van der Waals surface area contributed by atoms with E-state index >= 15 is 0 Å². The van der Waals surface area contributed by atoms with Crippen LogP contribution in [0.15, 0.2) is 23.8 Å². The number of rotatable bonds is 3. The molecule has 0 N–H and O–H groups in total. The Bertz CT molecular complexity index is 341. The van der Waals surface area contributed by atoms with Gasteiger partial charge in [0.25, 0.3) is 0 Å². The molecule has 0 radical (unpaired) electrons. The monoisotopic (exact) mass is 234 g/mol. The van der Waals surface area contributed by atoms with Crippen LogP contribution in [0.25, 0.3) is 0 Å². The van der Waals surface area contributed by atoms with Gasteiger partial charge < -0.3 is 4.74 Å². The number of hydrogen-bond donors (Lipinski definition) is 0. The highest BCUT2D eigenvalue weighted by Gasteiger charge is 2.30. The third kappa shape index (κ3) is 2.80. The van der Waals surface area contributed by atoms with Crippen LogP contribution in [0.3, 0.4) is 0 Å². The maximum absolute atomic E-state index is 11.8. The zero-order valence-electron chi connectivity index (χ0n) is 10.8. The second-order valence-corrected chi connectivity index (χ2v) is 5.19. The molecule has 1 fully saturated rings. The van der Waals surface area contributed by atoms with E-state index in [1.54, 1.807) is 0 Å². The highest BCUT2D eigenvalue weighted by atomic mass is 16.5. The van der Waals surface area contributed by atoms with Gasteiger partial charge in [0.2, 0.25) is 0 Å². The molecule has 0 spiro atoms. The Morgan fingerprint density at radius 1 is 1.53 bits per heavy atom. The van der Waals surface area contributed by atoms with Crippen molar-refractivity contribution in [2.24, 2.45) is 11.8 Å². The SMILES string of the molecule is CC[C@H](C)C(=O)OC1CCCC2CC=CC=C21. The predicted octanol–water partition coefficient (Wildman–Crippen LogP) is 3.63. The second-order valence-electron chi connectivity index (χ2n) is 5.19. The summed E-state index contributed by atoms with van der Waals surface area (Å²) in [6.45, 7) is 3.97. The molecule has 0 saturated heterocycles. The largest absolute Gasteiger partial charge is 0.458 e. The lowest BCUT2D eigenvalue weighted by Crippen LogP contribution is -2.31. The van der Waals surface area contributed by atoms with Crippen molar-refractivity contribution in [2.45, 2.75) is 52.1 Å². The third-order valence-corrected chi connectivity index (χ3v) is 3.98. The van der Waals surface area contributed by atoms with Gasteiger partial charge in [0.05, 0.1) is 5.92 Å². The first kappa shape index (κ1) is 12.4. The lowest BCUT2D eigenvalue weighted by atomic mass is 9.78. The second kappa shape index (κ2) is 5.52. The van der Waals surface area contributed by atoms with Gasteiger partial charge in [0, 0.05) is 0 Å². The normalized spacial score (nSPS) is 29.2. The minimum Gasteiger partial charge on any atom is -0.458 e. The number of ether oxygens (including phenoxy) is 1. The smallest absolute Gasteiger partial charge is 0.309 e. The predicted molar refractivity (Wildman–Crippen MR) is 68.5 cm³/mol. The number of hydrogen-bond acceptors (Lipinski definition) is 2. The Morgan fingerprint density at radius 2 is 2.35 bits per heavy atom. The van der Waals surface area contributed by atoms with Crippen LogP contribution in [0, 0.1) is 11.8 Å². The van der Waals surface area contributed by atoms with Crippen LogP contribution in [0.1, 0.15) is 46.0 Å². The van der Waals surface area contributed by atoms with Crippen molar-refractivity contribution >= 4 is 5.97 Å². The fourth-order valence-corrected chi connectivity index (χ4v) is 2.62. The van der Waals surface area contributed by atoms with E-state index in [2.05, 4.69) is 18.2 Å². The fourth-order valence-electron chi connectivity index (χ4n) is 2.62. The molecule has 0 aliphatic heterocycles. The molecule has 94 valence electrons. The number of carbonyl (C=O) groups excluding carboxylic acids is 1. The number of fused-ring (bicyclic) bond motifs is 1. The summed E-state index contributed by atoms with van der Waals surface area (Å²) in [5.74, 6) is 0.604. The summed E-state index contributed by atoms with van der Waals surface area (Å²) >= 11 is 0. The molecule has 2 heteroatoms. The summed E-state index contributed by atoms with van der Waals surface area (Å²) in [7, 11) is 0. The molecule has 2 aliphatic carbocycles. The minimum atomic E-state index is -0.0337. The lowest BCUT2D eigenvalue weighted by Gasteiger charge is -2.33. The summed E-state index contributed by atoms with van der Waals surface area (Å²) in [4.78, 5) is 11.8. The Morgan fingerprint density at radius 3 is 3.12 bits per heavy atom. The molecule has 0 aromatic heterocycles. The van der Waals surface area contributed by atoms with Crippen LogP contribution in [-0.2, 0) is 9.53 Å². The van der Waals surface area contributed by atoms with Crippen LogP contribution < -0.4 is 0 Å². The lowest BCUT2D eigenvalue weighted by molar-refractivity contribution is -0.153. The first-order valence-electron chi connectivity index (χ1n) is 6.79. The van der Waals surface area contributed by atoms with Gasteiger partial charge in [0.1, 0.15) is 6.10 Å². The van der Waals surface area contributed by atoms with Crippen LogP contribution in [-0.4, -0.2) is 12.1 Å². The van der Waals surface area contributed by atoms with Crippen LogP contribution in [0.4, 0.5) is 0 Å². The first-order valence-corrected chi connectivity index (χ1v) is 6.79. The molecule has 2 nitrogen and oxygen atoms in total. The number of allylic oxidation sites excluding steroid dienone is 3. The standard InChI is InChI=1S/C15H22O2/c1-3-11(2)15(16)17-14-10-6-8-12-7-4-5-9-13(12)14/h4-5,9,11-12,14H,3,6-8,10H2,1-2H3/t11-,12?,14?/m0/s1. The maximum atomic E-state index is 11.8. The van der Waals surface area contributed by atoms with E-state index in [9.17, 15) is 4.79 Å². The zero-order valence-corrected chi connectivity index (χ0v) is 10.8.